The SMILES string of the molecule is COC(=O)c1scc(C)c1NC(=O)c1csc(I)c1. The summed E-state index contributed by atoms with van der Waals surface area (Å²) in [5, 5.41) is 6.38. The smallest absolute Gasteiger partial charge is 0.350 e. The molecule has 0 aliphatic carbocycles. The number of halogens is 1. The molecule has 2 aromatic rings. The number of methoxy groups -OCH3 is 1. The van der Waals surface area contributed by atoms with Gasteiger partial charge in [-0.1, -0.05) is 0 Å². The molecular weight excluding hydrogens is 397 g/mol. The third-order valence-electron chi connectivity index (χ3n) is 2.41. The molecule has 0 spiro atoms. The van der Waals surface area contributed by atoms with Crippen LogP contribution in [0.25, 0.3) is 0 Å². The second kappa shape index (κ2) is 6.02. The van der Waals surface area contributed by atoms with Crippen molar-refractivity contribution >= 4 is 62.8 Å². The normalized spacial score (nSPS) is 10.3. The van der Waals surface area contributed by atoms with Crippen molar-refractivity contribution in [3.8, 4) is 0 Å². The molecule has 0 unspecified atom stereocenters. The number of anilines is 1. The highest BCUT2D eigenvalue weighted by Gasteiger charge is 2.19. The van der Waals surface area contributed by atoms with Gasteiger partial charge in [0.05, 0.1) is 21.2 Å². The second-order valence-electron chi connectivity index (χ2n) is 3.71. The zero-order valence-electron chi connectivity index (χ0n) is 10.2. The van der Waals surface area contributed by atoms with Crippen molar-refractivity contribution in [2.24, 2.45) is 0 Å². The molecular formula is C12H10INO3S2. The first kappa shape index (κ1) is 14.5. The van der Waals surface area contributed by atoms with E-state index in [4.69, 9.17) is 4.74 Å². The molecule has 4 nitrogen and oxygen atoms in total. The maximum atomic E-state index is 12.1. The van der Waals surface area contributed by atoms with E-state index in [0.717, 1.165) is 8.45 Å². The zero-order valence-corrected chi connectivity index (χ0v) is 13.9. The average molecular weight is 407 g/mol. The molecule has 0 saturated carbocycles. The second-order valence-corrected chi connectivity index (χ2v) is 7.39. The molecule has 0 aliphatic rings. The van der Waals surface area contributed by atoms with E-state index in [0.29, 0.717) is 16.1 Å². The van der Waals surface area contributed by atoms with Gasteiger partial charge in [0.25, 0.3) is 5.91 Å². The van der Waals surface area contributed by atoms with Crippen LogP contribution in [0.1, 0.15) is 25.6 Å². The van der Waals surface area contributed by atoms with E-state index in [2.05, 4.69) is 27.9 Å². The number of hydrogen-bond acceptors (Lipinski definition) is 5. The minimum atomic E-state index is -0.437. The summed E-state index contributed by atoms with van der Waals surface area (Å²) in [6.07, 6.45) is 0. The Morgan fingerprint density at radius 1 is 1.32 bits per heavy atom. The highest BCUT2D eigenvalue weighted by atomic mass is 127. The van der Waals surface area contributed by atoms with Crippen molar-refractivity contribution < 1.29 is 14.3 Å². The van der Waals surface area contributed by atoms with Crippen LogP contribution in [0.15, 0.2) is 16.8 Å². The molecule has 0 saturated heterocycles. The summed E-state index contributed by atoms with van der Waals surface area (Å²) in [6.45, 7) is 1.84. The van der Waals surface area contributed by atoms with Gasteiger partial charge in [-0.25, -0.2) is 4.79 Å². The number of esters is 1. The molecule has 100 valence electrons. The van der Waals surface area contributed by atoms with Gasteiger partial charge in [0.2, 0.25) is 0 Å². The first-order valence-corrected chi connectivity index (χ1v) is 8.08. The Labute approximate surface area is 131 Å². The van der Waals surface area contributed by atoms with Crippen LogP contribution in [0.5, 0.6) is 0 Å². The first-order valence-electron chi connectivity index (χ1n) is 5.24. The Balaban J connectivity index is 2.26. The summed E-state index contributed by atoms with van der Waals surface area (Å²) in [6, 6.07) is 1.81. The van der Waals surface area contributed by atoms with E-state index in [9.17, 15) is 9.59 Å². The van der Waals surface area contributed by atoms with Gasteiger partial charge < -0.3 is 10.1 Å². The number of amides is 1. The molecule has 2 rings (SSSR count). The molecule has 0 aromatic carbocycles. The largest absolute Gasteiger partial charge is 0.465 e. The molecule has 7 heteroatoms. The van der Waals surface area contributed by atoms with Gasteiger partial charge in [0.1, 0.15) is 4.88 Å². The molecule has 2 heterocycles. The monoisotopic (exact) mass is 407 g/mol. The topological polar surface area (TPSA) is 55.4 Å². The quantitative estimate of drug-likeness (QED) is 0.623. The van der Waals surface area contributed by atoms with Gasteiger partial charge in [-0.05, 0) is 46.5 Å². The van der Waals surface area contributed by atoms with E-state index in [1.54, 1.807) is 11.4 Å². The van der Waals surface area contributed by atoms with Gasteiger partial charge in [-0.3, -0.25) is 4.79 Å². The minimum Gasteiger partial charge on any atom is -0.465 e. The third-order valence-corrected chi connectivity index (χ3v) is 5.28. The molecule has 0 bridgehead atoms. The Morgan fingerprint density at radius 3 is 2.63 bits per heavy atom. The van der Waals surface area contributed by atoms with Crippen LogP contribution >= 0.6 is 45.3 Å². The number of hydrogen-bond donors (Lipinski definition) is 1. The van der Waals surface area contributed by atoms with Gasteiger partial charge >= 0.3 is 5.97 Å². The molecule has 0 atom stereocenters. The van der Waals surface area contributed by atoms with Gasteiger partial charge in [0, 0.05) is 5.38 Å². The van der Waals surface area contributed by atoms with Gasteiger partial charge in [0.15, 0.2) is 0 Å². The lowest BCUT2D eigenvalue weighted by Crippen LogP contribution is -2.14. The first-order chi connectivity index (χ1) is 9.02. The van der Waals surface area contributed by atoms with Crippen molar-refractivity contribution in [1.29, 1.82) is 0 Å². The van der Waals surface area contributed by atoms with E-state index in [1.165, 1.54) is 29.8 Å². The third kappa shape index (κ3) is 3.15. The molecule has 1 amide bonds. The maximum absolute atomic E-state index is 12.1. The molecule has 0 fully saturated rings. The number of nitrogens with one attached hydrogen (secondary N) is 1. The minimum absolute atomic E-state index is 0.217. The predicted octanol–water partition coefficient (Wildman–Crippen LogP) is 3.76. The lowest BCUT2D eigenvalue weighted by molar-refractivity contribution is 0.0607. The Hall–Kier alpha value is -0.930. The van der Waals surface area contributed by atoms with Crippen LogP contribution in [0, 0.1) is 9.81 Å². The van der Waals surface area contributed by atoms with Crippen molar-refractivity contribution in [2.45, 2.75) is 6.92 Å². The highest BCUT2D eigenvalue weighted by molar-refractivity contribution is 14.1. The summed E-state index contributed by atoms with van der Waals surface area (Å²) in [4.78, 5) is 24.1. The molecule has 1 N–H and O–H groups in total. The Bertz CT molecular complexity index is 633. The average Bonchev–Trinajstić information content (AvgIpc) is 2.96. The summed E-state index contributed by atoms with van der Waals surface area (Å²) in [5.41, 5.74) is 1.97. The lowest BCUT2D eigenvalue weighted by atomic mass is 10.2. The van der Waals surface area contributed by atoms with Crippen LogP contribution in [0.3, 0.4) is 0 Å². The number of ether oxygens (including phenoxy) is 1. The standard InChI is InChI=1S/C12H10INO3S2/c1-6-4-19-10(12(16)17-2)9(6)14-11(15)7-3-8(13)18-5-7/h3-5H,1-2H3,(H,14,15). The van der Waals surface area contributed by atoms with E-state index < -0.39 is 5.97 Å². The summed E-state index contributed by atoms with van der Waals surface area (Å²) >= 11 is 4.92. The van der Waals surface area contributed by atoms with E-state index in [1.807, 2.05) is 12.3 Å². The van der Waals surface area contributed by atoms with E-state index in [-0.39, 0.29) is 5.91 Å². The number of aryl methyl sites for hydroxylation is 1. The van der Waals surface area contributed by atoms with Crippen molar-refractivity contribution in [1.82, 2.24) is 0 Å². The highest BCUT2D eigenvalue weighted by Crippen LogP contribution is 2.29. The lowest BCUT2D eigenvalue weighted by Gasteiger charge is -2.06. The number of rotatable bonds is 3. The summed E-state index contributed by atoms with van der Waals surface area (Å²) < 4.78 is 5.74. The maximum Gasteiger partial charge on any atom is 0.350 e. The fraction of sp³-hybridized carbons (Fsp3) is 0.167. The summed E-state index contributed by atoms with van der Waals surface area (Å²) in [5.74, 6) is -0.654. The van der Waals surface area contributed by atoms with Crippen LogP contribution < -0.4 is 5.32 Å². The summed E-state index contributed by atoms with van der Waals surface area (Å²) in [7, 11) is 1.32. The fourth-order valence-electron chi connectivity index (χ4n) is 1.46. The molecule has 2 aromatic heterocycles. The van der Waals surface area contributed by atoms with Crippen LogP contribution in [-0.4, -0.2) is 19.0 Å². The fourth-order valence-corrected chi connectivity index (χ4v) is 3.71. The Kier molecular flexibility index (Phi) is 4.58. The van der Waals surface area contributed by atoms with Crippen molar-refractivity contribution in [3.05, 3.63) is 35.7 Å². The number of carbonyl (C=O) groups is 2. The Morgan fingerprint density at radius 2 is 2.05 bits per heavy atom. The van der Waals surface area contributed by atoms with Gasteiger partial charge in [-0.15, -0.1) is 22.7 Å². The molecule has 0 radical (unpaired) electrons. The molecule has 0 aliphatic heterocycles. The van der Waals surface area contributed by atoms with Crippen LogP contribution in [0.4, 0.5) is 5.69 Å². The predicted molar refractivity (Wildman–Crippen MR) is 85.4 cm³/mol. The van der Waals surface area contributed by atoms with Crippen molar-refractivity contribution in [3.63, 3.8) is 0 Å². The van der Waals surface area contributed by atoms with Crippen LogP contribution in [-0.2, 0) is 4.74 Å². The number of thiophene rings is 2. The van der Waals surface area contributed by atoms with Gasteiger partial charge in [-0.2, -0.15) is 0 Å². The van der Waals surface area contributed by atoms with E-state index >= 15 is 0 Å². The van der Waals surface area contributed by atoms with Crippen LogP contribution in [0.2, 0.25) is 0 Å². The zero-order chi connectivity index (χ0) is 14.0. The van der Waals surface area contributed by atoms with Crippen molar-refractivity contribution in [2.75, 3.05) is 12.4 Å². The molecule has 19 heavy (non-hydrogen) atoms. The number of carbonyl (C=O) groups excluding carboxylic acids is 2.